The van der Waals surface area contributed by atoms with Crippen LogP contribution in [0.15, 0.2) is 0 Å². The average Bonchev–Trinajstić information content (AvgIpc) is 2.99. The molecule has 4 fully saturated rings. The van der Waals surface area contributed by atoms with Gasteiger partial charge in [0.15, 0.2) is 0 Å². The van der Waals surface area contributed by atoms with Crippen LogP contribution >= 0.6 is 0 Å². The van der Waals surface area contributed by atoms with E-state index >= 15 is 0 Å². The highest BCUT2D eigenvalue weighted by molar-refractivity contribution is 5.50. The Balaban J connectivity index is 0.00000109. The first-order valence-electron chi connectivity index (χ1n) is 11.7. The molecule has 0 heterocycles. The van der Waals surface area contributed by atoms with Crippen molar-refractivity contribution < 1.29 is 18.0 Å². The summed E-state index contributed by atoms with van der Waals surface area (Å²) in [5.74, 6) is 1.66. The van der Waals surface area contributed by atoms with Crippen LogP contribution in [0.4, 0.5) is 13.2 Å². The van der Waals surface area contributed by atoms with Crippen molar-refractivity contribution in [1.29, 1.82) is 0 Å². The van der Waals surface area contributed by atoms with Gasteiger partial charge in [-0.1, -0.05) is 27.7 Å². The van der Waals surface area contributed by atoms with Crippen molar-refractivity contribution in [2.75, 3.05) is 0 Å². The lowest BCUT2D eigenvalue weighted by molar-refractivity contribution is -0.208. The van der Waals surface area contributed by atoms with Crippen LogP contribution in [0.25, 0.3) is 0 Å². The van der Waals surface area contributed by atoms with Crippen LogP contribution in [-0.2, 0) is 4.79 Å². The average molecular weight is 401 g/mol. The van der Waals surface area contributed by atoms with Crippen molar-refractivity contribution in [3.8, 4) is 0 Å². The van der Waals surface area contributed by atoms with Crippen LogP contribution in [0.1, 0.15) is 91.9 Å². The van der Waals surface area contributed by atoms with E-state index in [2.05, 4.69) is 13.8 Å². The van der Waals surface area contributed by atoms with Gasteiger partial charge < -0.3 is 4.79 Å². The Morgan fingerprint density at radius 1 is 0.893 bits per heavy atom. The summed E-state index contributed by atoms with van der Waals surface area (Å²) in [6.45, 7) is 8.73. The minimum absolute atomic E-state index is 0.106. The van der Waals surface area contributed by atoms with Gasteiger partial charge in [0.1, 0.15) is 6.29 Å². The number of halogens is 3. The molecule has 0 aromatic heterocycles. The molecule has 4 rings (SSSR count). The summed E-state index contributed by atoms with van der Waals surface area (Å²) in [6.07, 6.45) is 6.03. The van der Waals surface area contributed by atoms with Crippen molar-refractivity contribution in [3.63, 3.8) is 0 Å². The Morgan fingerprint density at radius 2 is 1.54 bits per heavy atom. The number of carbonyl (C=O) groups excluding carboxylic acids is 1. The lowest BCUT2D eigenvalue weighted by atomic mass is 9.44. The van der Waals surface area contributed by atoms with Gasteiger partial charge in [0.25, 0.3) is 0 Å². The fraction of sp³-hybridized carbons (Fsp3) is 0.958. The Hall–Kier alpha value is -0.540. The SMILES string of the molecule is CC.CC12CCC3C(CCC4CC(C(F)(F)F)CCC43C)C1CCC2CC=O. The number of fused-ring (bicyclic) bond motifs is 5. The number of alkyl halides is 3. The Labute approximate surface area is 169 Å². The first kappa shape index (κ1) is 22.2. The summed E-state index contributed by atoms with van der Waals surface area (Å²) in [5.41, 5.74) is 0.392. The van der Waals surface area contributed by atoms with Crippen molar-refractivity contribution in [1.82, 2.24) is 0 Å². The number of hydrogen-bond acceptors (Lipinski definition) is 1. The van der Waals surface area contributed by atoms with Crippen LogP contribution in [-0.4, -0.2) is 12.5 Å². The van der Waals surface area contributed by atoms with E-state index in [0.29, 0.717) is 42.9 Å². The first-order chi connectivity index (χ1) is 13.2. The Kier molecular flexibility index (Phi) is 6.29. The number of aldehydes is 1. The third kappa shape index (κ3) is 3.45. The molecule has 4 aliphatic carbocycles. The lowest BCUT2D eigenvalue weighted by Gasteiger charge is -2.61. The summed E-state index contributed by atoms with van der Waals surface area (Å²) in [5, 5.41) is 0. The van der Waals surface area contributed by atoms with Gasteiger partial charge in [-0.3, -0.25) is 0 Å². The summed E-state index contributed by atoms with van der Waals surface area (Å²) < 4.78 is 39.8. The van der Waals surface area contributed by atoms with E-state index < -0.39 is 12.1 Å². The standard InChI is InChI=1S/C22H33F3O.C2H6/c1-20-11-8-19-17(18(20)6-4-14(20)9-12-26)5-3-15-13-16(22(23,24)25)7-10-21(15,19)2;1-2/h12,14-19H,3-11,13H2,1-2H3;1-2H3. The van der Waals surface area contributed by atoms with Gasteiger partial charge in [-0.25, -0.2) is 0 Å². The van der Waals surface area contributed by atoms with Crippen molar-refractivity contribution in [3.05, 3.63) is 0 Å². The van der Waals surface area contributed by atoms with Crippen LogP contribution in [0.5, 0.6) is 0 Å². The molecule has 4 heteroatoms. The fourth-order valence-electron chi connectivity index (χ4n) is 8.17. The predicted molar refractivity (Wildman–Crippen MR) is 107 cm³/mol. The molecule has 0 aromatic carbocycles. The minimum atomic E-state index is -4.02. The largest absolute Gasteiger partial charge is 0.391 e. The van der Waals surface area contributed by atoms with Crippen molar-refractivity contribution >= 4 is 6.29 Å². The molecular formula is C24H39F3O. The second-order valence-electron chi connectivity index (χ2n) is 10.4. The minimum Gasteiger partial charge on any atom is -0.303 e. The van der Waals surface area contributed by atoms with Crippen molar-refractivity contribution in [2.45, 2.75) is 98.1 Å². The highest BCUT2D eigenvalue weighted by Crippen LogP contribution is 2.68. The Morgan fingerprint density at radius 3 is 2.18 bits per heavy atom. The molecular weight excluding hydrogens is 361 g/mol. The lowest BCUT2D eigenvalue weighted by Crippen LogP contribution is -2.54. The summed E-state index contributed by atoms with van der Waals surface area (Å²) in [6, 6.07) is 0. The smallest absolute Gasteiger partial charge is 0.303 e. The molecule has 8 unspecified atom stereocenters. The van der Waals surface area contributed by atoms with Gasteiger partial charge >= 0.3 is 6.18 Å². The van der Waals surface area contributed by atoms with Gasteiger partial charge in [-0.15, -0.1) is 0 Å². The maximum absolute atomic E-state index is 13.3. The molecule has 0 saturated heterocycles. The van der Waals surface area contributed by atoms with Gasteiger partial charge in [-0.2, -0.15) is 13.2 Å². The Bertz CT molecular complexity index is 559. The van der Waals surface area contributed by atoms with E-state index in [9.17, 15) is 18.0 Å². The molecule has 8 atom stereocenters. The van der Waals surface area contributed by atoms with E-state index in [1.807, 2.05) is 13.8 Å². The van der Waals surface area contributed by atoms with E-state index in [0.717, 1.165) is 32.0 Å². The molecule has 0 N–H and O–H groups in total. The zero-order valence-electron chi connectivity index (χ0n) is 18.2. The fourth-order valence-corrected chi connectivity index (χ4v) is 8.17. The predicted octanol–water partition coefficient (Wildman–Crippen LogP) is 7.44. The maximum Gasteiger partial charge on any atom is 0.391 e. The van der Waals surface area contributed by atoms with Gasteiger partial charge in [0.2, 0.25) is 0 Å². The first-order valence-corrected chi connectivity index (χ1v) is 11.7. The highest BCUT2D eigenvalue weighted by atomic mass is 19.4. The molecule has 0 aromatic rings. The summed E-state index contributed by atoms with van der Waals surface area (Å²) in [4.78, 5) is 11.1. The number of carbonyl (C=O) groups is 1. The molecule has 162 valence electrons. The van der Waals surface area contributed by atoms with Gasteiger partial charge in [-0.05, 0) is 98.2 Å². The van der Waals surface area contributed by atoms with Gasteiger partial charge in [0.05, 0.1) is 5.92 Å². The topological polar surface area (TPSA) is 17.1 Å². The number of hydrogen-bond donors (Lipinski definition) is 0. The van der Waals surface area contributed by atoms with E-state index in [1.54, 1.807) is 0 Å². The zero-order valence-corrected chi connectivity index (χ0v) is 18.2. The third-order valence-corrected chi connectivity index (χ3v) is 9.71. The number of rotatable bonds is 2. The molecule has 1 nitrogen and oxygen atoms in total. The second-order valence-corrected chi connectivity index (χ2v) is 10.4. The molecule has 28 heavy (non-hydrogen) atoms. The van der Waals surface area contributed by atoms with Crippen molar-refractivity contribution in [2.24, 2.45) is 46.3 Å². The monoisotopic (exact) mass is 400 g/mol. The van der Waals surface area contributed by atoms with Crippen LogP contribution in [0, 0.1) is 46.3 Å². The van der Waals surface area contributed by atoms with E-state index in [1.165, 1.54) is 19.3 Å². The summed E-state index contributed by atoms with van der Waals surface area (Å²) in [7, 11) is 0. The normalized spacial score (nSPS) is 47.8. The molecule has 0 bridgehead atoms. The third-order valence-electron chi connectivity index (χ3n) is 9.71. The van der Waals surface area contributed by atoms with E-state index in [-0.39, 0.29) is 16.7 Å². The van der Waals surface area contributed by atoms with Crippen LogP contribution < -0.4 is 0 Å². The molecule has 0 spiro atoms. The molecule has 4 aliphatic rings. The van der Waals surface area contributed by atoms with E-state index in [4.69, 9.17) is 0 Å². The molecule has 0 aliphatic heterocycles. The molecule has 0 radical (unpaired) electrons. The second kappa shape index (κ2) is 7.95. The molecule has 0 amide bonds. The quantitative estimate of drug-likeness (QED) is 0.440. The summed E-state index contributed by atoms with van der Waals surface area (Å²) >= 11 is 0. The highest BCUT2D eigenvalue weighted by Gasteiger charge is 2.61. The molecule has 4 saturated carbocycles. The maximum atomic E-state index is 13.3. The van der Waals surface area contributed by atoms with Gasteiger partial charge in [0, 0.05) is 6.42 Å². The zero-order chi connectivity index (χ0) is 20.7. The van der Waals surface area contributed by atoms with Crippen LogP contribution in [0.3, 0.4) is 0 Å². The van der Waals surface area contributed by atoms with Crippen LogP contribution in [0.2, 0.25) is 0 Å².